The summed E-state index contributed by atoms with van der Waals surface area (Å²) in [5, 5.41) is 7.34. The Hall–Kier alpha value is -1.85. The van der Waals surface area contributed by atoms with Crippen molar-refractivity contribution in [3.63, 3.8) is 0 Å². The smallest absolute Gasteiger partial charge is 0.220 e. The minimum absolute atomic E-state index is 0.0497. The van der Waals surface area contributed by atoms with Crippen molar-refractivity contribution in [2.75, 3.05) is 13.6 Å². The maximum Gasteiger partial charge on any atom is 0.220 e. The molecule has 1 atom stereocenters. The fourth-order valence-corrected chi connectivity index (χ4v) is 4.52. The average Bonchev–Trinajstić information content (AvgIpc) is 3.34. The van der Waals surface area contributed by atoms with E-state index in [-0.39, 0.29) is 12.0 Å². The Kier molecular flexibility index (Phi) is 7.92. The van der Waals surface area contributed by atoms with Gasteiger partial charge in [0.1, 0.15) is 11.9 Å². The van der Waals surface area contributed by atoms with Crippen LogP contribution in [0, 0.1) is 5.92 Å². The molecule has 28 heavy (non-hydrogen) atoms. The molecule has 1 heterocycles. The lowest BCUT2D eigenvalue weighted by Crippen LogP contribution is -2.34. The van der Waals surface area contributed by atoms with Gasteiger partial charge in [0.2, 0.25) is 5.91 Å². The lowest BCUT2D eigenvalue weighted by atomic mass is 10.0. The highest BCUT2D eigenvalue weighted by atomic mass is 32.1. The van der Waals surface area contributed by atoms with E-state index in [0.717, 1.165) is 18.8 Å². The van der Waals surface area contributed by atoms with E-state index in [4.69, 9.17) is 4.74 Å². The maximum absolute atomic E-state index is 12.1. The van der Waals surface area contributed by atoms with Crippen molar-refractivity contribution in [2.45, 2.75) is 58.2 Å². The molecule has 2 aromatic rings. The molecule has 0 unspecified atom stereocenters. The van der Waals surface area contributed by atoms with E-state index in [9.17, 15) is 4.79 Å². The van der Waals surface area contributed by atoms with Gasteiger partial charge in [0.25, 0.3) is 0 Å². The van der Waals surface area contributed by atoms with Gasteiger partial charge in [-0.25, -0.2) is 0 Å². The van der Waals surface area contributed by atoms with Crippen LogP contribution in [-0.2, 0) is 17.9 Å². The Labute approximate surface area is 172 Å². The number of thiophene rings is 1. The summed E-state index contributed by atoms with van der Waals surface area (Å²) in [6.45, 7) is 4.37. The molecule has 1 amide bonds. The Bertz CT molecular complexity index is 726. The number of hydrogen-bond donors (Lipinski definition) is 1. The van der Waals surface area contributed by atoms with E-state index >= 15 is 0 Å². The zero-order valence-electron chi connectivity index (χ0n) is 17.0. The van der Waals surface area contributed by atoms with Gasteiger partial charge < -0.3 is 10.1 Å². The van der Waals surface area contributed by atoms with Gasteiger partial charge in [-0.2, -0.15) is 11.3 Å². The molecule has 1 aromatic heterocycles. The first-order chi connectivity index (χ1) is 13.6. The van der Waals surface area contributed by atoms with Crippen LogP contribution in [0.15, 0.2) is 41.1 Å². The Morgan fingerprint density at radius 2 is 2.04 bits per heavy atom. The summed E-state index contributed by atoms with van der Waals surface area (Å²) in [5.74, 6) is 1.60. The van der Waals surface area contributed by atoms with Gasteiger partial charge in [0, 0.05) is 19.5 Å². The van der Waals surface area contributed by atoms with E-state index in [1.165, 1.54) is 36.8 Å². The lowest BCUT2D eigenvalue weighted by molar-refractivity contribution is -0.122. The SMILES string of the molecule is C[C@@H](CNC(=O)CC1CCCC1)Oc1cccc(CN(C)Cc2ccsc2)c1. The molecule has 152 valence electrons. The molecular weight excluding hydrogens is 368 g/mol. The van der Waals surface area contributed by atoms with Crippen molar-refractivity contribution in [3.05, 3.63) is 52.2 Å². The molecule has 1 N–H and O–H groups in total. The average molecular weight is 401 g/mol. The third kappa shape index (κ3) is 6.95. The fraction of sp³-hybridized carbons (Fsp3) is 0.522. The summed E-state index contributed by atoms with van der Waals surface area (Å²) in [6.07, 6.45) is 5.57. The van der Waals surface area contributed by atoms with Crippen LogP contribution in [0.1, 0.15) is 50.2 Å². The zero-order chi connectivity index (χ0) is 19.8. The van der Waals surface area contributed by atoms with Gasteiger partial charge in [0.05, 0.1) is 6.54 Å². The number of carbonyl (C=O) groups excluding carboxylic acids is 1. The van der Waals surface area contributed by atoms with E-state index in [1.54, 1.807) is 11.3 Å². The zero-order valence-corrected chi connectivity index (χ0v) is 17.8. The van der Waals surface area contributed by atoms with E-state index in [2.05, 4.69) is 46.2 Å². The number of hydrogen-bond acceptors (Lipinski definition) is 4. The van der Waals surface area contributed by atoms with Crippen LogP contribution in [0.4, 0.5) is 0 Å². The Morgan fingerprint density at radius 3 is 2.79 bits per heavy atom. The normalized spacial score (nSPS) is 15.7. The first-order valence-corrected chi connectivity index (χ1v) is 11.2. The molecule has 0 radical (unpaired) electrons. The van der Waals surface area contributed by atoms with Crippen molar-refractivity contribution in [3.8, 4) is 5.75 Å². The van der Waals surface area contributed by atoms with Gasteiger partial charge in [0.15, 0.2) is 0 Å². The first kappa shape index (κ1) is 20.9. The predicted molar refractivity (Wildman–Crippen MR) is 116 cm³/mol. The molecule has 0 saturated heterocycles. The summed E-state index contributed by atoms with van der Waals surface area (Å²) < 4.78 is 6.03. The summed E-state index contributed by atoms with van der Waals surface area (Å²) in [5.41, 5.74) is 2.58. The molecule has 3 rings (SSSR count). The quantitative estimate of drug-likeness (QED) is 0.620. The van der Waals surface area contributed by atoms with Crippen LogP contribution < -0.4 is 10.1 Å². The molecule has 5 heteroatoms. The summed E-state index contributed by atoms with van der Waals surface area (Å²) in [4.78, 5) is 14.4. The molecule has 1 fully saturated rings. The molecule has 1 aliphatic rings. The minimum Gasteiger partial charge on any atom is -0.489 e. The highest BCUT2D eigenvalue weighted by Gasteiger charge is 2.18. The third-order valence-electron chi connectivity index (χ3n) is 5.26. The van der Waals surface area contributed by atoms with E-state index in [0.29, 0.717) is 18.9 Å². The van der Waals surface area contributed by atoms with Gasteiger partial charge in [-0.15, -0.1) is 0 Å². The number of ether oxygens (including phenoxy) is 1. The molecule has 1 saturated carbocycles. The summed E-state index contributed by atoms with van der Waals surface area (Å²) in [6, 6.07) is 10.4. The first-order valence-electron chi connectivity index (χ1n) is 10.3. The van der Waals surface area contributed by atoms with Crippen molar-refractivity contribution < 1.29 is 9.53 Å². The minimum atomic E-state index is -0.0497. The van der Waals surface area contributed by atoms with Gasteiger partial charge >= 0.3 is 0 Å². The fourth-order valence-electron chi connectivity index (χ4n) is 3.86. The molecule has 0 bridgehead atoms. The molecule has 0 spiro atoms. The predicted octanol–water partition coefficient (Wildman–Crippen LogP) is 4.84. The number of amides is 1. The van der Waals surface area contributed by atoms with Crippen molar-refractivity contribution in [2.24, 2.45) is 5.92 Å². The van der Waals surface area contributed by atoms with Gasteiger partial charge in [-0.3, -0.25) is 9.69 Å². The highest BCUT2D eigenvalue weighted by Crippen LogP contribution is 2.27. The number of carbonyl (C=O) groups is 1. The maximum atomic E-state index is 12.1. The second-order valence-corrected chi connectivity index (χ2v) is 8.82. The summed E-state index contributed by atoms with van der Waals surface area (Å²) >= 11 is 1.74. The van der Waals surface area contributed by atoms with Crippen molar-refractivity contribution in [1.29, 1.82) is 0 Å². The second kappa shape index (κ2) is 10.6. The van der Waals surface area contributed by atoms with E-state index < -0.39 is 0 Å². The standard InChI is InChI=1S/C23H32N2O2S/c1-18(14-24-23(26)13-19-6-3-4-7-19)27-22-9-5-8-20(12-22)15-25(2)16-21-10-11-28-17-21/h5,8-12,17-19H,3-4,6-7,13-16H2,1-2H3,(H,24,26)/t18-/m0/s1. The lowest BCUT2D eigenvalue weighted by Gasteiger charge is -2.19. The molecule has 4 nitrogen and oxygen atoms in total. The van der Waals surface area contributed by atoms with Crippen LogP contribution in [0.2, 0.25) is 0 Å². The topological polar surface area (TPSA) is 41.6 Å². The molecule has 1 aromatic carbocycles. The van der Waals surface area contributed by atoms with Gasteiger partial charge in [-0.1, -0.05) is 25.0 Å². The number of benzene rings is 1. The summed E-state index contributed by atoms with van der Waals surface area (Å²) in [7, 11) is 2.13. The molecule has 0 aliphatic heterocycles. The number of rotatable bonds is 10. The van der Waals surface area contributed by atoms with Crippen LogP contribution in [0.5, 0.6) is 5.75 Å². The Morgan fingerprint density at radius 1 is 1.25 bits per heavy atom. The van der Waals surface area contributed by atoms with Crippen LogP contribution >= 0.6 is 11.3 Å². The monoisotopic (exact) mass is 400 g/mol. The van der Waals surface area contributed by atoms with Crippen LogP contribution in [-0.4, -0.2) is 30.5 Å². The third-order valence-corrected chi connectivity index (χ3v) is 5.99. The van der Waals surface area contributed by atoms with Crippen molar-refractivity contribution >= 4 is 17.2 Å². The molecule has 1 aliphatic carbocycles. The van der Waals surface area contributed by atoms with E-state index in [1.807, 2.05) is 19.1 Å². The number of nitrogens with zero attached hydrogens (tertiary/aromatic N) is 1. The second-order valence-electron chi connectivity index (χ2n) is 8.04. The largest absolute Gasteiger partial charge is 0.489 e. The Balaban J connectivity index is 1.42. The van der Waals surface area contributed by atoms with Crippen LogP contribution in [0.25, 0.3) is 0 Å². The highest BCUT2D eigenvalue weighted by molar-refractivity contribution is 7.07. The van der Waals surface area contributed by atoms with Crippen LogP contribution in [0.3, 0.4) is 0 Å². The van der Waals surface area contributed by atoms with Crippen molar-refractivity contribution in [1.82, 2.24) is 10.2 Å². The van der Waals surface area contributed by atoms with Gasteiger partial charge in [-0.05, 0) is 72.8 Å². The number of nitrogens with one attached hydrogen (secondary N) is 1. The molecular formula is C23H32N2O2S.